The van der Waals surface area contributed by atoms with Gasteiger partial charge in [0, 0.05) is 29.3 Å². The Bertz CT molecular complexity index is 1160. The summed E-state index contributed by atoms with van der Waals surface area (Å²) < 4.78 is 12.3. The number of methoxy groups -OCH3 is 2. The SMILES string of the molecule is COc1ccc(-n2c(C)cc(/C=C(\C#N)C(=O)NNc3nccc(OC)n3)c2C)cc1. The molecule has 0 saturated heterocycles. The van der Waals surface area contributed by atoms with Crippen LogP contribution in [0.1, 0.15) is 17.0 Å². The highest BCUT2D eigenvalue weighted by Gasteiger charge is 2.14. The Hall–Kier alpha value is -4.32. The van der Waals surface area contributed by atoms with Crippen LogP contribution in [0.4, 0.5) is 5.95 Å². The van der Waals surface area contributed by atoms with E-state index < -0.39 is 5.91 Å². The van der Waals surface area contributed by atoms with E-state index in [2.05, 4.69) is 20.8 Å². The van der Waals surface area contributed by atoms with Crippen LogP contribution in [0.3, 0.4) is 0 Å². The number of ether oxygens (including phenoxy) is 2. The number of nitrogens with one attached hydrogen (secondary N) is 2. The van der Waals surface area contributed by atoms with E-state index in [1.165, 1.54) is 13.3 Å². The number of rotatable bonds is 7. The number of benzene rings is 1. The number of hydrogen-bond donors (Lipinski definition) is 2. The minimum Gasteiger partial charge on any atom is -0.497 e. The van der Waals surface area contributed by atoms with Gasteiger partial charge in [0.2, 0.25) is 11.8 Å². The third kappa shape index (κ3) is 4.82. The zero-order valence-corrected chi connectivity index (χ0v) is 17.6. The second-order valence-corrected chi connectivity index (χ2v) is 6.53. The molecule has 9 heteroatoms. The molecule has 9 nitrogen and oxygen atoms in total. The van der Waals surface area contributed by atoms with Gasteiger partial charge in [-0.15, -0.1) is 0 Å². The average molecular weight is 418 g/mol. The number of carbonyl (C=O) groups is 1. The highest BCUT2D eigenvalue weighted by Crippen LogP contribution is 2.24. The van der Waals surface area contributed by atoms with Gasteiger partial charge in [0.25, 0.3) is 5.91 Å². The van der Waals surface area contributed by atoms with Gasteiger partial charge < -0.3 is 14.0 Å². The van der Waals surface area contributed by atoms with E-state index in [-0.39, 0.29) is 11.5 Å². The summed E-state index contributed by atoms with van der Waals surface area (Å²) in [5.74, 6) is 0.641. The predicted molar refractivity (Wildman–Crippen MR) is 116 cm³/mol. The third-order valence-electron chi connectivity index (χ3n) is 4.59. The van der Waals surface area contributed by atoms with Gasteiger partial charge in [-0.05, 0) is 55.8 Å². The van der Waals surface area contributed by atoms with E-state index in [1.807, 2.05) is 54.8 Å². The lowest BCUT2D eigenvalue weighted by Gasteiger charge is -2.10. The molecule has 2 aromatic heterocycles. The summed E-state index contributed by atoms with van der Waals surface area (Å²) in [6.45, 7) is 3.89. The second kappa shape index (κ2) is 9.45. The molecule has 0 radical (unpaired) electrons. The zero-order valence-electron chi connectivity index (χ0n) is 17.6. The van der Waals surface area contributed by atoms with Gasteiger partial charge in [-0.3, -0.25) is 15.6 Å². The maximum absolute atomic E-state index is 12.5. The van der Waals surface area contributed by atoms with Gasteiger partial charge in [-0.1, -0.05) is 0 Å². The number of anilines is 1. The van der Waals surface area contributed by atoms with E-state index in [9.17, 15) is 10.1 Å². The molecule has 0 fully saturated rings. The Kier molecular flexibility index (Phi) is 6.52. The van der Waals surface area contributed by atoms with Gasteiger partial charge in [0.05, 0.1) is 14.2 Å². The van der Waals surface area contributed by atoms with Gasteiger partial charge in [-0.2, -0.15) is 10.2 Å². The molecule has 0 aliphatic rings. The fourth-order valence-corrected chi connectivity index (χ4v) is 3.06. The van der Waals surface area contributed by atoms with E-state index in [1.54, 1.807) is 19.3 Å². The monoisotopic (exact) mass is 418 g/mol. The van der Waals surface area contributed by atoms with Gasteiger partial charge >= 0.3 is 0 Å². The molecule has 3 rings (SSSR count). The van der Waals surface area contributed by atoms with Crippen LogP contribution in [0.25, 0.3) is 11.8 Å². The standard InChI is InChI=1S/C22H22N6O3/c1-14-11-16(15(2)28(14)18-5-7-19(30-3)8-6-18)12-17(13-23)21(29)26-27-22-24-10-9-20(25-22)31-4/h5-12H,1-4H3,(H,26,29)(H,24,25,27)/b17-12+. The molecule has 2 heterocycles. The molecule has 0 saturated carbocycles. The van der Waals surface area contributed by atoms with Crippen molar-refractivity contribution < 1.29 is 14.3 Å². The van der Waals surface area contributed by atoms with Crippen LogP contribution in [0.2, 0.25) is 0 Å². The molecule has 158 valence electrons. The maximum Gasteiger partial charge on any atom is 0.280 e. The molecular formula is C22H22N6O3. The number of carbonyl (C=O) groups excluding carboxylic acids is 1. The van der Waals surface area contributed by atoms with Gasteiger partial charge in [-0.25, -0.2) is 4.98 Å². The smallest absolute Gasteiger partial charge is 0.280 e. The number of aryl methyl sites for hydroxylation is 1. The number of hydrazine groups is 1. The summed E-state index contributed by atoms with van der Waals surface area (Å²) in [5, 5.41) is 9.50. The highest BCUT2D eigenvalue weighted by molar-refractivity contribution is 6.02. The van der Waals surface area contributed by atoms with E-state index in [4.69, 9.17) is 9.47 Å². The van der Waals surface area contributed by atoms with Crippen molar-refractivity contribution in [1.82, 2.24) is 20.0 Å². The molecule has 0 bridgehead atoms. The Balaban J connectivity index is 1.81. The van der Waals surface area contributed by atoms with Crippen molar-refractivity contribution in [1.29, 1.82) is 5.26 Å². The molecule has 0 aliphatic carbocycles. The first-order chi connectivity index (χ1) is 15.0. The maximum atomic E-state index is 12.5. The first-order valence-corrected chi connectivity index (χ1v) is 9.35. The molecule has 3 aromatic rings. The quantitative estimate of drug-likeness (QED) is 0.344. The molecule has 31 heavy (non-hydrogen) atoms. The summed E-state index contributed by atoms with van der Waals surface area (Å²) in [4.78, 5) is 20.5. The summed E-state index contributed by atoms with van der Waals surface area (Å²) in [6, 6.07) is 13.1. The molecule has 0 spiro atoms. The number of hydrogen-bond acceptors (Lipinski definition) is 7. The second-order valence-electron chi connectivity index (χ2n) is 6.53. The lowest BCUT2D eigenvalue weighted by molar-refractivity contribution is -0.116. The van der Waals surface area contributed by atoms with Gasteiger partial charge in [0.1, 0.15) is 17.4 Å². The normalized spacial score (nSPS) is 10.9. The van der Waals surface area contributed by atoms with Crippen molar-refractivity contribution in [2.24, 2.45) is 0 Å². The van der Waals surface area contributed by atoms with Crippen molar-refractivity contribution in [3.05, 3.63) is 65.1 Å². The van der Waals surface area contributed by atoms with E-state index in [0.717, 1.165) is 28.4 Å². The topological polar surface area (TPSA) is 114 Å². The van der Waals surface area contributed by atoms with E-state index in [0.29, 0.717) is 5.88 Å². The largest absolute Gasteiger partial charge is 0.497 e. The molecule has 0 atom stereocenters. The minimum absolute atomic E-state index is 0.0645. The Morgan fingerprint density at radius 3 is 2.55 bits per heavy atom. The van der Waals surface area contributed by atoms with Gasteiger partial charge in [0.15, 0.2) is 0 Å². The molecule has 1 amide bonds. The lowest BCUT2D eigenvalue weighted by atomic mass is 10.1. The lowest BCUT2D eigenvalue weighted by Crippen LogP contribution is -2.31. The molecule has 0 unspecified atom stereocenters. The van der Waals surface area contributed by atoms with Crippen LogP contribution in [-0.2, 0) is 4.79 Å². The summed E-state index contributed by atoms with van der Waals surface area (Å²) in [5.41, 5.74) is 8.52. The highest BCUT2D eigenvalue weighted by atomic mass is 16.5. The Labute approximate surface area is 179 Å². The van der Waals surface area contributed by atoms with Crippen LogP contribution in [0, 0.1) is 25.2 Å². The van der Waals surface area contributed by atoms with Crippen LogP contribution in [-0.4, -0.2) is 34.7 Å². The van der Waals surface area contributed by atoms with Crippen LogP contribution < -0.4 is 20.3 Å². The fraction of sp³-hybridized carbons (Fsp3) is 0.182. The predicted octanol–water partition coefficient (Wildman–Crippen LogP) is 2.95. The number of aromatic nitrogens is 3. The first kappa shape index (κ1) is 21.4. The third-order valence-corrected chi connectivity index (χ3v) is 4.59. The van der Waals surface area contributed by atoms with E-state index >= 15 is 0 Å². The van der Waals surface area contributed by atoms with Crippen LogP contribution in [0.15, 0.2) is 48.2 Å². The molecular weight excluding hydrogens is 396 g/mol. The van der Waals surface area contributed by atoms with Crippen LogP contribution in [0.5, 0.6) is 11.6 Å². The Morgan fingerprint density at radius 2 is 1.90 bits per heavy atom. The molecule has 0 aliphatic heterocycles. The van der Waals surface area contributed by atoms with Crippen molar-refractivity contribution in [3.8, 4) is 23.4 Å². The first-order valence-electron chi connectivity index (χ1n) is 9.35. The minimum atomic E-state index is -0.608. The van der Waals surface area contributed by atoms with Crippen molar-refractivity contribution in [3.63, 3.8) is 0 Å². The average Bonchev–Trinajstić information content (AvgIpc) is 3.08. The number of nitriles is 1. The number of amides is 1. The summed E-state index contributed by atoms with van der Waals surface area (Å²) in [6.07, 6.45) is 3.03. The molecule has 2 N–H and O–H groups in total. The fourth-order valence-electron chi connectivity index (χ4n) is 3.06. The summed E-state index contributed by atoms with van der Waals surface area (Å²) in [7, 11) is 3.09. The van der Waals surface area contributed by atoms with Crippen LogP contribution >= 0.6 is 0 Å². The van der Waals surface area contributed by atoms with Crippen molar-refractivity contribution in [2.75, 3.05) is 19.6 Å². The number of nitrogens with zero attached hydrogens (tertiary/aromatic N) is 4. The molecule has 1 aromatic carbocycles. The summed E-state index contributed by atoms with van der Waals surface area (Å²) >= 11 is 0. The zero-order chi connectivity index (χ0) is 22.4. The van der Waals surface area contributed by atoms with Crippen molar-refractivity contribution in [2.45, 2.75) is 13.8 Å². The van der Waals surface area contributed by atoms with Crippen molar-refractivity contribution >= 4 is 17.9 Å². The Morgan fingerprint density at radius 1 is 1.16 bits per heavy atom.